The Hall–Kier alpha value is -4.37. The van der Waals surface area contributed by atoms with E-state index in [-0.39, 0.29) is 18.3 Å². The van der Waals surface area contributed by atoms with Crippen LogP contribution in [0.5, 0.6) is 0 Å². The molecule has 1 fully saturated rings. The van der Waals surface area contributed by atoms with Gasteiger partial charge in [0.15, 0.2) is 5.54 Å². The Balaban J connectivity index is 1.48. The van der Waals surface area contributed by atoms with Gasteiger partial charge in [-0.1, -0.05) is 55.8 Å². The number of nitrogens with zero attached hydrogens (tertiary/aromatic N) is 7. The van der Waals surface area contributed by atoms with Crippen molar-refractivity contribution in [3.63, 3.8) is 0 Å². The van der Waals surface area contributed by atoms with Gasteiger partial charge in [0.05, 0.1) is 39.5 Å². The highest BCUT2D eigenvalue weighted by molar-refractivity contribution is 6.35. The molecule has 13 heteroatoms. The van der Waals surface area contributed by atoms with E-state index in [0.29, 0.717) is 56.2 Å². The summed E-state index contributed by atoms with van der Waals surface area (Å²) >= 11 is 6.73. The number of aromatic nitrogens is 6. The molecule has 1 saturated carbocycles. The number of nitrogens with one attached hydrogen (secondary N) is 2. The first kappa shape index (κ1) is 28.7. The molecule has 1 atom stereocenters. The number of aryl methyl sites for hydroxylation is 1. The number of anilines is 2. The molecular weight excluding hydrogens is 579 g/mol. The first-order valence-electron chi connectivity index (χ1n) is 13.7. The molecule has 6 rings (SSSR count). The molecule has 0 aliphatic heterocycles. The number of benzene rings is 2. The molecule has 0 radical (unpaired) electrons. The molecule has 2 N–H and O–H groups in total. The van der Waals surface area contributed by atoms with Gasteiger partial charge in [-0.05, 0) is 30.4 Å². The zero-order chi connectivity index (χ0) is 30.7. The van der Waals surface area contributed by atoms with Crippen LogP contribution in [0, 0.1) is 16.7 Å². The molecule has 43 heavy (non-hydrogen) atoms. The van der Waals surface area contributed by atoms with Crippen LogP contribution in [0.2, 0.25) is 5.02 Å². The van der Waals surface area contributed by atoms with Crippen molar-refractivity contribution in [2.24, 2.45) is 12.5 Å². The van der Waals surface area contributed by atoms with Crippen LogP contribution in [0.1, 0.15) is 56.5 Å². The predicted molar refractivity (Wildman–Crippen MR) is 159 cm³/mol. The number of pyridine rings is 1. The van der Waals surface area contributed by atoms with Crippen LogP contribution >= 0.6 is 11.6 Å². The van der Waals surface area contributed by atoms with Crippen molar-refractivity contribution in [3.05, 3.63) is 70.8 Å². The first-order valence-corrected chi connectivity index (χ1v) is 14.1. The van der Waals surface area contributed by atoms with Crippen molar-refractivity contribution in [1.82, 2.24) is 29.8 Å². The standard InChI is InChI=1S/C30H29ClF3N9/c1-28(2,3)16-37-24-18(12-35)13-36-26-21(24)10-19(11-22(26)31)38-27(20-7-5-6-17-14-42(4)40-25(17)20)23-15-43(41-39-23)29(8-9-29)30(32,33)34/h5-7,10-11,13-15,27,38H,8-9,16H2,1-4H3,(H,36,37). The monoisotopic (exact) mass is 607 g/mol. The molecule has 0 spiro atoms. The molecule has 1 aliphatic rings. The molecule has 0 saturated heterocycles. The van der Waals surface area contributed by atoms with E-state index in [2.05, 4.69) is 57.9 Å². The third-order valence-electron chi connectivity index (χ3n) is 7.64. The van der Waals surface area contributed by atoms with Gasteiger partial charge < -0.3 is 10.6 Å². The van der Waals surface area contributed by atoms with Crippen LogP contribution in [-0.2, 0) is 12.6 Å². The Labute approximate surface area is 250 Å². The maximum Gasteiger partial charge on any atom is 0.413 e. The molecule has 5 aromatic rings. The molecular formula is C30H29ClF3N9. The largest absolute Gasteiger partial charge is 0.413 e. The highest BCUT2D eigenvalue weighted by atomic mass is 35.5. The second kappa shape index (κ2) is 10.1. The molecule has 9 nitrogen and oxygen atoms in total. The quantitative estimate of drug-likeness (QED) is 0.206. The molecule has 3 aromatic heterocycles. The van der Waals surface area contributed by atoms with Gasteiger partial charge in [0.25, 0.3) is 0 Å². The van der Waals surface area contributed by atoms with Crippen LogP contribution in [-0.4, -0.2) is 42.5 Å². The zero-order valence-electron chi connectivity index (χ0n) is 24.0. The van der Waals surface area contributed by atoms with Gasteiger partial charge in [0.1, 0.15) is 11.8 Å². The zero-order valence-corrected chi connectivity index (χ0v) is 24.7. The van der Waals surface area contributed by atoms with E-state index in [1.165, 1.54) is 12.4 Å². The fraction of sp³-hybridized carbons (Fsp3) is 0.367. The summed E-state index contributed by atoms with van der Waals surface area (Å²) < 4.78 is 44.4. The summed E-state index contributed by atoms with van der Waals surface area (Å²) in [6, 6.07) is 10.6. The van der Waals surface area contributed by atoms with E-state index < -0.39 is 17.8 Å². The molecule has 1 unspecified atom stereocenters. The minimum Gasteiger partial charge on any atom is -0.383 e. The first-order chi connectivity index (χ1) is 20.3. The van der Waals surface area contributed by atoms with Crippen LogP contribution in [0.25, 0.3) is 21.8 Å². The summed E-state index contributed by atoms with van der Waals surface area (Å²) in [5.41, 5.74) is 1.58. The van der Waals surface area contributed by atoms with Gasteiger partial charge in [0, 0.05) is 48.0 Å². The van der Waals surface area contributed by atoms with Crippen molar-refractivity contribution in [2.45, 2.75) is 51.4 Å². The van der Waals surface area contributed by atoms with Crippen LogP contribution < -0.4 is 10.6 Å². The topological polar surface area (TPSA) is 109 Å². The third-order valence-corrected chi connectivity index (χ3v) is 7.93. The highest BCUT2D eigenvalue weighted by Gasteiger charge is 2.66. The molecule has 2 aromatic carbocycles. The second-order valence-corrected chi connectivity index (χ2v) is 12.6. The van der Waals surface area contributed by atoms with Crippen molar-refractivity contribution in [2.75, 3.05) is 17.2 Å². The summed E-state index contributed by atoms with van der Waals surface area (Å²) in [5, 5.41) is 31.3. The number of alkyl halides is 3. The number of halogens is 4. The van der Waals surface area contributed by atoms with Crippen molar-refractivity contribution < 1.29 is 13.2 Å². The molecule has 0 amide bonds. The lowest BCUT2D eigenvalue weighted by atomic mass is 9.96. The molecule has 3 heterocycles. The third kappa shape index (κ3) is 5.22. The maximum atomic E-state index is 13.9. The number of nitriles is 1. The Morgan fingerprint density at radius 1 is 1.14 bits per heavy atom. The lowest BCUT2D eigenvalue weighted by Crippen LogP contribution is -2.35. The van der Waals surface area contributed by atoms with Crippen molar-refractivity contribution >= 4 is 44.8 Å². The summed E-state index contributed by atoms with van der Waals surface area (Å²) in [6.45, 7) is 6.83. The van der Waals surface area contributed by atoms with Gasteiger partial charge in [-0.3, -0.25) is 9.67 Å². The van der Waals surface area contributed by atoms with Gasteiger partial charge >= 0.3 is 6.18 Å². The summed E-state index contributed by atoms with van der Waals surface area (Å²) in [4.78, 5) is 4.43. The number of fused-ring (bicyclic) bond motifs is 2. The van der Waals surface area contributed by atoms with Crippen LogP contribution in [0.3, 0.4) is 0 Å². The Morgan fingerprint density at radius 2 is 1.91 bits per heavy atom. The highest BCUT2D eigenvalue weighted by Crippen LogP contribution is 2.55. The van der Waals surface area contributed by atoms with Crippen molar-refractivity contribution in [3.8, 4) is 6.07 Å². The predicted octanol–water partition coefficient (Wildman–Crippen LogP) is 6.95. The SMILES string of the molecule is Cn1cc2cccc(C(Nc3cc(Cl)c4ncc(C#N)c(NCC(C)(C)C)c4c3)c3cn(C4(C(F)(F)F)CC4)nn3)c2n1. The normalized spacial score (nSPS) is 15.4. The Kier molecular flexibility index (Phi) is 6.76. The van der Waals surface area contributed by atoms with Gasteiger partial charge in [-0.2, -0.15) is 23.5 Å². The number of hydrogen-bond acceptors (Lipinski definition) is 7. The molecule has 1 aliphatic carbocycles. The second-order valence-electron chi connectivity index (χ2n) is 12.2. The van der Waals surface area contributed by atoms with Crippen LogP contribution in [0.4, 0.5) is 24.5 Å². The maximum absolute atomic E-state index is 13.9. The van der Waals surface area contributed by atoms with E-state index in [1.807, 2.05) is 30.5 Å². The fourth-order valence-electron chi connectivity index (χ4n) is 5.25. The lowest BCUT2D eigenvalue weighted by molar-refractivity contribution is -0.182. The minimum atomic E-state index is -4.45. The lowest BCUT2D eigenvalue weighted by Gasteiger charge is -2.22. The average molecular weight is 608 g/mol. The smallest absolute Gasteiger partial charge is 0.383 e. The van der Waals surface area contributed by atoms with E-state index in [1.54, 1.807) is 17.8 Å². The van der Waals surface area contributed by atoms with E-state index in [0.717, 1.165) is 10.1 Å². The summed E-state index contributed by atoms with van der Waals surface area (Å²) in [7, 11) is 1.80. The van der Waals surface area contributed by atoms with Gasteiger partial charge in [-0.25, -0.2) is 4.68 Å². The van der Waals surface area contributed by atoms with E-state index in [9.17, 15) is 18.4 Å². The van der Waals surface area contributed by atoms with Crippen molar-refractivity contribution in [1.29, 1.82) is 5.26 Å². The fourth-order valence-corrected chi connectivity index (χ4v) is 5.52. The molecule has 0 bridgehead atoms. The minimum absolute atomic E-state index is 0.0495. The van der Waals surface area contributed by atoms with E-state index >= 15 is 0 Å². The van der Waals surface area contributed by atoms with Gasteiger partial charge in [-0.15, -0.1) is 5.10 Å². The van der Waals surface area contributed by atoms with E-state index in [4.69, 9.17) is 11.6 Å². The summed E-state index contributed by atoms with van der Waals surface area (Å²) in [6.07, 6.45) is 0.163. The number of rotatable bonds is 7. The summed E-state index contributed by atoms with van der Waals surface area (Å²) in [5.74, 6) is 0. The Bertz CT molecular complexity index is 1890. The van der Waals surface area contributed by atoms with Crippen LogP contribution in [0.15, 0.2) is 48.9 Å². The van der Waals surface area contributed by atoms with Gasteiger partial charge in [0.2, 0.25) is 0 Å². The Morgan fingerprint density at radius 3 is 2.58 bits per heavy atom. The average Bonchev–Trinajstić information content (AvgIpc) is 3.46. The number of hydrogen-bond donors (Lipinski definition) is 2. The molecule has 222 valence electrons.